The lowest BCUT2D eigenvalue weighted by Crippen LogP contribution is -2.14. The minimum atomic E-state index is -3.77. The second-order valence-electron chi connectivity index (χ2n) is 4.07. The Kier molecular flexibility index (Phi) is 4.13. The molecule has 0 bridgehead atoms. The molecule has 0 unspecified atom stereocenters. The van der Waals surface area contributed by atoms with Gasteiger partial charge in [-0.2, -0.15) is 0 Å². The highest BCUT2D eigenvalue weighted by Crippen LogP contribution is 2.18. The lowest BCUT2D eigenvalue weighted by Gasteiger charge is -2.07. The number of hydrogen-bond donors (Lipinski definition) is 2. The number of nitrogens with one attached hydrogen (secondary N) is 2. The molecule has 0 aliphatic rings. The number of ether oxygens (including phenoxy) is 1. The molecule has 9 heteroatoms. The van der Waals surface area contributed by atoms with Crippen LogP contribution in [0.15, 0.2) is 39.8 Å². The predicted molar refractivity (Wildman–Crippen MR) is 74.5 cm³/mol. The Bertz CT molecular complexity index is 737. The van der Waals surface area contributed by atoms with Gasteiger partial charge >= 0.3 is 6.09 Å². The maximum Gasteiger partial charge on any atom is 0.411 e. The Labute approximate surface area is 121 Å². The molecule has 8 nitrogen and oxygen atoms in total. The maximum absolute atomic E-state index is 12.1. The van der Waals surface area contributed by atoms with E-state index in [4.69, 9.17) is 4.52 Å². The number of carbonyl (C=O) groups is 1. The summed E-state index contributed by atoms with van der Waals surface area (Å²) in [6, 6.07) is 7.05. The van der Waals surface area contributed by atoms with Crippen LogP contribution in [-0.4, -0.2) is 26.8 Å². The molecule has 0 spiro atoms. The van der Waals surface area contributed by atoms with Crippen LogP contribution in [0.2, 0.25) is 0 Å². The van der Waals surface area contributed by atoms with E-state index in [0.717, 1.165) is 0 Å². The molecule has 2 rings (SSSR count). The number of carbonyl (C=O) groups excluding carboxylic acids is 1. The third kappa shape index (κ3) is 3.72. The molecule has 0 saturated heterocycles. The third-order valence-corrected chi connectivity index (χ3v) is 3.83. The topological polar surface area (TPSA) is 111 Å². The number of rotatable bonds is 4. The Morgan fingerprint density at radius 1 is 1.29 bits per heavy atom. The first-order valence-corrected chi connectivity index (χ1v) is 7.30. The van der Waals surface area contributed by atoms with Gasteiger partial charge in [-0.3, -0.25) is 10.0 Å². The van der Waals surface area contributed by atoms with E-state index in [1.807, 2.05) is 0 Å². The van der Waals surface area contributed by atoms with Crippen LogP contribution in [0.1, 0.15) is 5.76 Å². The quantitative estimate of drug-likeness (QED) is 0.893. The van der Waals surface area contributed by atoms with Crippen molar-refractivity contribution in [3.05, 3.63) is 36.1 Å². The van der Waals surface area contributed by atoms with Gasteiger partial charge in [-0.1, -0.05) is 5.16 Å². The maximum atomic E-state index is 12.1. The minimum Gasteiger partial charge on any atom is -0.453 e. The van der Waals surface area contributed by atoms with Crippen LogP contribution < -0.4 is 10.0 Å². The van der Waals surface area contributed by atoms with Gasteiger partial charge in [-0.25, -0.2) is 13.2 Å². The van der Waals surface area contributed by atoms with Gasteiger partial charge in [0.2, 0.25) is 0 Å². The molecule has 0 radical (unpaired) electrons. The largest absolute Gasteiger partial charge is 0.453 e. The first-order valence-electron chi connectivity index (χ1n) is 5.82. The molecule has 1 amide bonds. The van der Waals surface area contributed by atoms with E-state index in [1.165, 1.54) is 37.4 Å². The molecular formula is C12H13N3O5S. The molecule has 0 atom stereocenters. The van der Waals surface area contributed by atoms with Gasteiger partial charge in [0.1, 0.15) is 5.76 Å². The van der Waals surface area contributed by atoms with Gasteiger partial charge in [-0.15, -0.1) is 0 Å². The van der Waals surface area contributed by atoms with Crippen molar-refractivity contribution in [3.63, 3.8) is 0 Å². The van der Waals surface area contributed by atoms with Crippen LogP contribution in [0, 0.1) is 6.92 Å². The van der Waals surface area contributed by atoms with E-state index in [0.29, 0.717) is 11.4 Å². The number of benzene rings is 1. The van der Waals surface area contributed by atoms with Crippen LogP contribution in [0.3, 0.4) is 0 Å². The van der Waals surface area contributed by atoms with Crippen molar-refractivity contribution in [2.75, 3.05) is 17.1 Å². The summed E-state index contributed by atoms with van der Waals surface area (Å²) in [5.41, 5.74) is 0.415. The number of amides is 1. The molecule has 21 heavy (non-hydrogen) atoms. The fraction of sp³-hybridized carbons (Fsp3) is 0.167. The zero-order valence-corrected chi connectivity index (χ0v) is 12.1. The number of hydrogen-bond acceptors (Lipinski definition) is 6. The van der Waals surface area contributed by atoms with Gasteiger partial charge < -0.3 is 9.26 Å². The first-order chi connectivity index (χ1) is 9.90. The van der Waals surface area contributed by atoms with E-state index in [2.05, 4.69) is 19.9 Å². The molecule has 1 aromatic carbocycles. The highest BCUT2D eigenvalue weighted by Gasteiger charge is 2.16. The van der Waals surface area contributed by atoms with Crippen molar-refractivity contribution >= 4 is 27.6 Å². The zero-order chi connectivity index (χ0) is 15.5. The Morgan fingerprint density at radius 3 is 2.48 bits per heavy atom. The molecule has 0 aliphatic carbocycles. The van der Waals surface area contributed by atoms with Crippen molar-refractivity contribution < 1.29 is 22.5 Å². The van der Waals surface area contributed by atoms with Crippen LogP contribution in [0.4, 0.5) is 16.3 Å². The van der Waals surface area contributed by atoms with Gasteiger partial charge in [0, 0.05) is 11.8 Å². The van der Waals surface area contributed by atoms with E-state index in [9.17, 15) is 13.2 Å². The summed E-state index contributed by atoms with van der Waals surface area (Å²) in [5.74, 6) is 0.592. The van der Waals surface area contributed by atoms with E-state index >= 15 is 0 Å². The molecule has 0 fully saturated rings. The van der Waals surface area contributed by atoms with Crippen molar-refractivity contribution in [1.29, 1.82) is 0 Å². The van der Waals surface area contributed by atoms with Gasteiger partial charge in [-0.05, 0) is 31.2 Å². The third-order valence-electron chi connectivity index (χ3n) is 2.46. The summed E-state index contributed by atoms with van der Waals surface area (Å²) in [7, 11) is -2.53. The Hall–Kier alpha value is -2.55. The number of methoxy groups -OCH3 is 1. The number of anilines is 2. The summed E-state index contributed by atoms with van der Waals surface area (Å²) >= 11 is 0. The van der Waals surface area contributed by atoms with Crippen LogP contribution >= 0.6 is 0 Å². The molecule has 1 heterocycles. The Balaban J connectivity index is 2.15. The number of aryl methyl sites for hydroxylation is 1. The SMILES string of the molecule is COC(=O)Nc1ccc(S(=O)(=O)Nc2cc(C)on2)cc1. The smallest absolute Gasteiger partial charge is 0.411 e. The van der Waals surface area contributed by atoms with Crippen molar-refractivity contribution in [2.45, 2.75) is 11.8 Å². The molecule has 1 aromatic heterocycles. The zero-order valence-electron chi connectivity index (χ0n) is 11.3. The monoisotopic (exact) mass is 311 g/mol. The molecule has 0 saturated carbocycles. The molecular weight excluding hydrogens is 298 g/mol. The van der Waals surface area contributed by atoms with Gasteiger partial charge in [0.15, 0.2) is 5.82 Å². The highest BCUT2D eigenvalue weighted by atomic mass is 32.2. The Morgan fingerprint density at radius 2 is 1.95 bits per heavy atom. The molecule has 2 N–H and O–H groups in total. The second-order valence-corrected chi connectivity index (χ2v) is 5.75. The average molecular weight is 311 g/mol. The van der Waals surface area contributed by atoms with Crippen molar-refractivity contribution in [1.82, 2.24) is 5.16 Å². The van der Waals surface area contributed by atoms with Crippen molar-refractivity contribution in [3.8, 4) is 0 Å². The average Bonchev–Trinajstić information content (AvgIpc) is 2.83. The summed E-state index contributed by atoms with van der Waals surface area (Å²) in [5, 5.41) is 5.98. The fourth-order valence-electron chi connectivity index (χ4n) is 1.50. The minimum absolute atomic E-state index is 0.0265. The molecule has 2 aromatic rings. The normalized spacial score (nSPS) is 11.0. The number of aromatic nitrogens is 1. The number of sulfonamides is 1. The number of nitrogens with zero attached hydrogens (tertiary/aromatic N) is 1. The molecule has 112 valence electrons. The van der Waals surface area contributed by atoms with Crippen LogP contribution in [-0.2, 0) is 14.8 Å². The summed E-state index contributed by atoms with van der Waals surface area (Å²) in [6.07, 6.45) is -0.637. The van der Waals surface area contributed by atoms with E-state index < -0.39 is 16.1 Å². The standard InChI is InChI=1S/C12H13N3O5S/c1-8-7-11(14-20-8)15-21(17,18)10-5-3-9(4-6-10)13-12(16)19-2/h3-7H,1-2H3,(H,13,16)(H,14,15). The van der Waals surface area contributed by atoms with E-state index in [-0.39, 0.29) is 10.7 Å². The second kappa shape index (κ2) is 5.83. The van der Waals surface area contributed by atoms with Crippen LogP contribution in [0.25, 0.3) is 0 Å². The lowest BCUT2D eigenvalue weighted by atomic mass is 10.3. The fourth-order valence-corrected chi connectivity index (χ4v) is 2.48. The van der Waals surface area contributed by atoms with Crippen molar-refractivity contribution in [2.24, 2.45) is 0 Å². The van der Waals surface area contributed by atoms with E-state index in [1.54, 1.807) is 6.92 Å². The molecule has 0 aliphatic heterocycles. The van der Waals surface area contributed by atoms with Gasteiger partial charge in [0.25, 0.3) is 10.0 Å². The predicted octanol–water partition coefficient (Wildman–Crippen LogP) is 1.96. The highest BCUT2D eigenvalue weighted by molar-refractivity contribution is 7.92. The summed E-state index contributed by atoms with van der Waals surface area (Å²) in [6.45, 7) is 1.65. The first kappa shape index (κ1) is 14.9. The lowest BCUT2D eigenvalue weighted by molar-refractivity contribution is 0.187. The summed E-state index contributed by atoms with van der Waals surface area (Å²) in [4.78, 5) is 11.1. The van der Waals surface area contributed by atoms with Gasteiger partial charge in [0.05, 0.1) is 12.0 Å². The van der Waals surface area contributed by atoms with Crippen LogP contribution in [0.5, 0.6) is 0 Å². The summed E-state index contributed by atoms with van der Waals surface area (Å²) < 4.78 is 35.7.